The lowest BCUT2D eigenvalue weighted by molar-refractivity contribution is 0.359. The molecule has 4 nitrogen and oxygen atoms in total. The van der Waals surface area contributed by atoms with Gasteiger partial charge in [0.05, 0.1) is 6.26 Å². The first kappa shape index (κ1) is 13.1. The Bertz CT molecular complexity index is 544. The first-order valence-electron chi connectivity index (χ1n) is 6.88. The molecule has 1 saturated carbocycles. The average Bonchev–Trinajstić information content (AvgIpc) is 2.92. The van der Waals surface area contributed by atoms with Crippen molar-refractivity contribution in [3.05, 3.63) is 30.1 Å². The number of pyridine rings is 1. The number of fused-ring (bicyclic) bond motifs is 1. The van der Waals surface area contributed by atoms with E-state index in [-0.39, 0.29) is 0 Å². The molecule has 1 aliphatic heterocycles. The zero-order valence-electron chi connectivity index (χ0n) is 11.2. The van der Waals surface area contributed by atoms with Crippen LogP contribution in [0.3, 0.4) is 0 Å². The molecule has 0 aromatic carbocycles. The van der Waals surface area contributed by atoms with Crippen LogP contribution in [0.1, 0.15) is 18.4 Å². The van der Waals surface area contributed by atoms with Crippen LogP contribution in [-0.4, -0.2) is 37.1 Å². The van der Waals surface area contributed by atoms with Crippen LogP contribution >= 0.6 is 0 Å². The smallest absolute Gasteiger partial charge is 0.211 e. The molecule has 2 fully saturated rings. The van der Waals surface area contributed by atoms with Crippen LogP contribution in [0.5, 0.6) is 0 Å². The monoisotopic (exact) mass is 280 g/mol. The first-order valence-corrected chi connectivity index (χ1v) is 8.73. The third-order valence-electron chi connectivity index (χ3n) is 4.66. The minimum atomic E-state index is -3.02. The molecule has 0 bridgehead atoms. The zero-order valence-corrected chi connectivity index (χ0v) is 12.0. The Morgan fingerprint density at radius 1 is 1.37 bits per heavy atom. The summed E-state index contributed by atoms with van der Waals surface area (Å²) in [6.07, 6.45) is 8.47. The molecule has 0 N–H and O–H groups in total. The van der Waals surface area contributed by atoms with Crippen molar-refractivity contribution in [1.29, 1.82) is 0 Å². The maximum atomic E-state index is 11.6. The SMILES string of the molecule is CS(=O)(=O)N1C[C@H]2CC[C@H](Cc3cccnc3)[C@H]2C1. The molecule has 0 radical (unpaired) electrons. The number of nitrogens with zero attached hydrogens (tertiary/aromatic N) is 2. The lowest BCUT2D eigenvalue weighted by atomic mass is 9.88. The van der Waals surface area contributed by atoms with Gasteiger partial charge in [-0.1, -0.05) is 6.07 Å². The van der Waals surface area contributed by atoms with E-state index in [0.29, 0.717) is 24.3 Å². The molecule has 2 aliphatic rings. The van der Waals surface area contributed by atoms with E-state index in [2.05, 4.69) is 11.1 Å². The summed E-state index contributed by atoms with van der Waals surface area (Å²) in [5.41, 5.74) is 1.27. The Morgan fingerprint density at radius 3 is 2.89 bits per heavy atom. The van der Waals surface area contributed by atoms with Crippen LogP contribution in [0, 0.1) is 17.8 Å². The zero-order chi connectivity index (χ0) is 13.5. The van der Waals surface area contributed by atoms with Gasteiger partial charge in [0, 0.05) is 25.5 Å². The van der Waals surface area contributed by atoms with Crippen molar-refractivity contribution in [3.63, 3.8) is 0 Å². The van der Waals surface area contributed by atoms with Gasteiger partial charge in [-0.2, -0.15) is 0 Å². The first-order chi connectivity index (χ1) is 9.04. The molecule has 2 heterocycles. The second-order valence-electron chi connectivity index (χ2n) is 5.91. The van der Waals surface area contributed by atoms with Crippen molar-refractivity contribution in [2.24, 2.45) is 17.8 Å². The summed E-state index contributed by atoms with van der Waals surface area (Å²) < 4.78 is 25.0. The number of aromatic nitrogens is 1. The molecule has 0 amide bonds. The summed E-state index contributed by atoms with van der Waals surface area (Å²) in [6, 6.07) is 4.09. The van der Waals surface area contributed by atoms with Crippen molar-refractivity contribution in [2.45, 2.75) is 19.3 Å². The predicted molar refractivity (Wildman–Crippen MR) is 74.1 cm³/mol. The number of sulfonamides is 1. The van der Waals surface area contributed by atoms with Crippen molar-refractivity contribution in [2.75, 3.05) is 19.3 Å². The second-order valence-corrected chi connectivity index (χ2v) is 7.89. The van der Waals surface area contributed by atoms with Crippen molar-refractivity contribution >= 4 is 10.0 Å². The third-order valence-corrected chi connectivity index (χ3v) is 5.90. The van der Waals surface area contributed by atoms with Gasteiger partial charge in [-0.05, 0) is 48.6 Å². The van der Waals surface area contributed by atoms with Crippen LogP contribution in [0.15, 0.2) is 24.5 Å². The minimum Gasteiger partial charge on any atom is -0.264 e. The lowest BCUT2D eigenvalue weighted by Gasteiger charge is -2.19. The van der Waals surface area contributed by atoms with E-state index in [1.54, 1.807) is 10.5 Å². The molecular weight excluding hydrogens is 260 g/mol. The highest BCUT2D eigenvalue weighted by Gasteiger charge is 2.44. The Labute approximate surface area is 114 Å². The van der Waals surface area contributed by atoms with E-state index in [1.807, 2.05) is 12.3 Å². The number of hydrogen-bond acceptors (Lipinski definition) is 3. The standard InChI is InChI=1S/C14H20N2O2S/c1-19(17,18)16-9-13-5-4-12(14(13)10-16)7-11-3-2-6-15-8-11/h2-3,6,8,12-14H,4-5,7,9-10H2,1H3/t12-,13-,14-/m1/s1. The van der Waals surface area contributed by atoms with Crippen molar-refractivity contribution in [3.8, 4) is 0 Å². The fourth-order valence-electron chi connectivity index (χ4n) is 3.68. The lowest BCUT2D eigenvalue weighted by Crippen LogP contribution is -2.29. The van der Waals surface area contributed by atoms with Gasteiger partial charge in [0.15, 0.2) is 0 Å². The van der Waals surface area contributed by atoms with Crippen molar-refractivity contribution < 1.29 is 8.42 Å². The molecule has 3 rings (SSSR count). The largest absolute Gasteiger partial charge is 0.264 e. The molecule has 0 spiro atoms. The van der Waals surface area contributed by atoms with E-state index in [9.17, 15) is 8.42 Å². The van der Waals surface area contributed by atoms with E-state index in [4.69, 9.17) is 0 Å². The summed E-state index contributed by atoms with van der Waals surface area (Å²) in [4.78, 5) is 4.16. The van der Waals surface area contributed by atoms with E-state index in [1.165, 1.54) is 24.7 Å². The van der Waals surface area contributed by atoms with Gasteiger partial charge < -0.3 is 0 Å². The third kappa shape index (κ3) is 2.67. The van der Waals surface area contributed by atoms with Gasteiger partial charge in [-0.3, -0.25) is 4.98 Å². The molecule has 104 valence electrons. The van der Waals surface area contributed by atoms with Crippen LogP contribution in [0.2, 0.25) is 0 Å². The normalized spacial score (nSPS) is 31.5. The maximum absolute atomic E-state index is 11.6. The summed E-state index contributed by atoms with van der Waals surface area (Å²) in [5, 5.41) is 0. The Kier molecular flexibility index (Phi) is 3.35. The predicted octanol–water partition coefficient (Wildman–Crippen LogP) is 1.54. The second kappa shape index (κ2) is 4.87. The van der Waals surface area contributed by atoms with Crippen LogP contribution < -0.4 is 0 Å². The number of hydrogen-bond donors (Lipinski definition) is 0. The topological polar surface area (TPSA) is 50.3 Å². The van der Waals surface area contributed by atoms with Gasteiger partial charge in [0.2, 0.25) is 10.0 Å². The Hall–Kier alpha value is -0.940. The molecule has 1 aromatic rings. The van der Waals surface area contributed by atoms with E-state index in [0.717, 1.165) is 13.0 Å². The minimum absolute atomic E-state index is 0.537. The maximum Gasteiger partial charge on any atom is 0.211 e. The van der Waals surface area contributed by atoms with Gasteiger partial charge in [0.25, 0.3) is 0 Å². The quantitative estimate of drug-likeness (QED) is 0.844. The fourth-order valence-corrected chi connectivity index (χ4v) is 4.59. The summed E-state index contributed by atoms with van der Waals surface area (Å²) in [5.74, 6) is 1.72. The Balaban J connectivity index is 1.70. The highest BCUT2D eigenvalue weighted by atomic mass is 32.2. The molecule has 19 heavy (non-hydrogen) atoms. The molecule has 3 atom stereocenters. The van der Waals surface area contributed by atoms with E-state index >= 15 is 0 Å². The van der Waals surface area contributed by atoms with Gasteiger partial charge in [-0.25, -0.2) is 12.7 Å². The fraction of sp³-hybridized carbons (Fsp3) is 0.643. The molecule has 5 heteroatoms. The van der Waals surface area contributed by atoms with Gasteiger partial charge in [-0.15, -0.1) is 0 Å². The summed E-state index contributed by atoms with van der Waals surface area (Å²) >= 11 is 0. The number of rotatable bonds is 3. The van der Waals surface area contributed by atoms with Gasteiger partial charge >= 0.3 is 0 Å². The highest BCUT2D eigenvalue weighted by molar-refractivity contribution is 7.88. The van der Waals surface area contributed by atoms with Crippen molar-refractivity contribution in [1.82, 2.24) is 9.29 Å². The molecule has 1 saturated heterocycles. The van der Waals surface area contributed by atoms with Crippen LogP contribution in [-0.2, 0) is 16.4 Å². The molecule has 0 unspecified atom stereocenters. The highest BCUT2D eigenvalue weighted by Crippen LogP contribution is 2.44. The molecule has 1 aromatic heterocycles. The van der Waals surface area contributed by atoms with E-state index < -0.39 is 10.0 Å². The van der Waals surface area contributed by atoms with Gasteiger partial charge in [0.1, 0.15) is 0 Å². The summed E-state index contributed by atoms with van der Waals surface area (Å²) in [6.45, 7) is 1.45. The van der Waals surface area contributed by atoms with Crippen LogP contribution in [0.4, 0.5) is 0 Å². The average molecular weight is 280 g/mol. The Morgan fingerprint density at radius 2 is 2.21 bits per heavy atom. The summed E-state index contributed by atoms with van der Waals surface area (Å²) in [7, 11) is -3.02. The molecule has 1 aliphatic carbocycles. The molecular formula is C14H20N2O2S. The van der Waals surface area contributed by atoms with Crippen LogP contribution in [0.25, 0.3) is 0 Å².